The van der Waals surface area contributed by atoms with E-state index in [1.807, 2.05) is 0 Å². The zero-order chi connectivity index (χ0) is 18.3. The minimum absolute atomic E-state index is 0.00814. The average molecular weight is 374 g/mol. The Bertz CT molecular complexity index is 672. The van der Waals surface area contributed by atoms with E-state index in [4.69, 9.17) is 5.11 Å². The lowest BCUT2D eigenvalue weighted by Gasteiger charge is -2.21. The number of amides is 1. The molecular weight excluding hydrogens is 352 g/mol. The number of hydrogen-bond acceptors (Lipinski definition) is 5. The van der Waals surface area contributed by atoms with E-state index in [9.17, 15) is 18.0 Å². The van der Waals surface area contributed by atoms with Crippen LogP contribution in [0.1, 0.15) is 24.2 Å². The van der Waals surface area contributed by atoms with Crippen molar-refractivity contribution in [2.24, 2.45) is 0 Å². The highest BCUT2D eigenvalue weighted by molar-refractivity contribution is 7.99. The zero-order valence-electron chi connectivity index (χ0n) is 13.9. The monoisotopic (exact) mass is 374 g/mol. The van der Waals surface area contributed by atoms with Crippen LogP contribution in [0.25, 0.3) is 0 Å². The summed E-state index contributed by atoms with van der Waals surface area (Å²) in [4.78, 5) is 22.4. The Balaban J connectivity index is 2.64. The number of hydrogen-bond donors (Lipinski definition) is 2. The fourth-order valence-corrected chi connectivity index (χ4v) is 3.65. The maximum atomic E-state index is 12.3. The number of sulfonamides is 1. The van der Waals surface area contributed by atoms with Crippen LogP contribution in [0.3, 0.4) is 0 Å². The number of rotatable bonds is 9. The number of carboxylic acid groups (broad SMARTS) is 1. The van der Waals surface area contributed by atoms with Gasteiger partial charge in [-0.2, -0.15) is 4.31 Å². The summed E-state index contributed by atoms with van der Waals surface area (Å²) in [5, 5.41) is 11.2. The van der Waals surface area contributed by atoms with E-state index in [1.165, 1.54) is 47.4 Å². The van der Waals surface area contributed by atoms with Crippen LogP contribution in [0.5, 0.6) is 0 Å². The second kappa shape index (κ2) is 9.05. The predicted molar refractivity (Wildman–Crippen MR) is 93.8 cm³/mol. The first kappa shape index (κ1) is 20.5. The number of carboxylic acids is 1. The molecule has 1 amide bonds. The van der Waals surface area contributed by atoms with Crippen molar-refractivity contribution in [3.05, 3.63) is 29.8 Å². The Morgan fingerprint density at radius 1 is 1.25 bits per heavy atom. The van der Waals surface area contributed by atoms with Crippen molar-refractivity contribution in [3.63, 3.8) is 0 Å². The smallest absolute Gasteiger partial charge is 0.313 e. The van der Waals surface area contributed by atoms with Crippen LogP contribution in [0, 0.1) is 0 Å². The number of benzene rings is 1. The molecule has 134 valence electrons. The summed E-state index contributed by atoms with van der Waals surface area (Å²) < 4.78 is 25.9. The summed E-state index contributed by atoms with van der Waals surface area (Å²) in [5.74, 6) is -0.739. The number of aliphatic carboxylic acids is 1. The van der Waals surface area contributed by atoms with Gasteiger partial charge in [0, 0.05) is 31.0 Å². The van der Waals surface area contributed by atoms with Crippen LogP contribution in [0.15, 0.2) is 29.2 Å². The van der Waals surface area contributed by atoms with Crippen LogP contribution >= 0.6 is 11.8 Å². The first-order valence-corrected chi connectivity index (χ1v) is 9.91. The predicted octanol–water partition coefficient (Wildman–Crippen LogP) is 1.26. The Hall–Kier alpha value is -1.58. The molecule has 24 heavy (non-hydrogen) atoms. The molecule has 1 rings (SSSR count). The lowest BCUT2D eigenvalue weighted by atomic mass is 10.2. The van der Waals surface area contributed by atoms with Gasteiger partial charge in [0.15, 0.2) is 0 Å². The first-order valence-electron chi connectivity index (χ1n) is 7.32. The summed E-state index contributed by atoms with van der Waals surface area (Å²) in [6.07, 6.45) is 0. The molecule has 7 nitrogen and oxygen atoms in total. The van der Waals surface area contributed by atoms with E-state index in [1.54, 1.807) is 13.8 Å². The van der Waals surface area contributed by atoms with Gasteiger partial charge in [-0.3, -0.25) is 9.59 Å². The van der Waals surface area contributed by atoms with E-state index in [0.717, 1.165) is 0 Å². The van der Waals surface area contributed by atoms with E-state index in [2.05, 4.69) is 5.32 Å². The summed E-state index contributed by atoms with van der Waals surface area (Å²) in [5.41, 5.74) is 0.351. The molecule has 0 aromatic heterocycles. The Labute approximate surface area is 146 Å². The fraction of sp³-hybridized carbons (Fsp3) is 0.467. The average Bonchev–Trinajstić information content (AvgIpc) is 2.53. The fourth-order valence-electron chi connectivity index (χ4n) is 1.72. The zero-order valence-corrected chi connectivity index (χ0v) is 15.5. The van der Waals surface area contributed by atoms with Gasteiger partial charge in [-0.05, 0) is 38.1 Å². The Morgan fingerprint density at radius 3 is 2.33 bits per heavy atom. The van der Waals surface area contributed by atoms with E-state index >= 15 is 0 Å². The molecule has 0 saturated carbocycles. The second-order valence-corrected chi connectivity index (χ2v) is 8.44. The molecule has 0 spiro atoms. The van der Waals surface area contributed by atoms with Gasteiger partial charge in [-0.25, -0.2) is 8.42 Å². The van der Waals surface area contributed by atoms with E-state index in [0.29, 0.717) is 17.9 Å². The standard InChI is InChI=1S/C15H22N2O5S2/c1-11(2)17(3)24(21,22)13-6-4-12(5-7-13)15(20)16-8-9-23-10-14(18)19/h4-7,11H,8-10H2,1-3H3,(H,16,20)(H,18,19). The summed E-state index contributed by atoms with van der Waals surface area (Å²) in [6.45, 7) is 3.90. The minimum atomic E-state index is -3.57. The third-order valence-electron chi connectivity index (χ3n) is 3.28. The molecule has 2 N–H and O–H groups in total. The summed E-state index contributed by atoms with van der Waals surface area (Å²) >= 11 is 1.21. The molecule has 9 heteroatoms. The van der Waals surface area contributed by atoms with Crippen LogP contribution in [0.2, 0.25) is 0 Å². The molecular formula is C15H22N2O5S2. The molecule has 0 saturated heterocycles. The third-order valence-corrected chi connectivity index (χ3v) is 6.27. The van der Waals surface area contributed by atoms with Crippen molar-refractivity contribution in [1.82, 2.24) is 9.62 Å². The van der Waals surface area contributed by atoms with Crippen molar-refractivity contribution in [2.75, 3.05) is 25.1 Å². The van der Waals surface area contributed by atoms with E-state index in [-0.39, 0.29) is 22.6 Å². The maximum absolute atomic E-state index is 12.3. The van der Waals surface area contributed by atoms with Gasteiger partial charge in [0.05, 0.1) is 10.6 Å². The lowest BCUT2D eigenvalue weighted by Crippen LogP contribution is -2.33. The molecule has 1 aromatic carbocycles. The minimum Gasteiger partial charge on any atom is -0.481 e. The van der Waals surface area contributed by atoms with Gasteiger partial charge >= 0.3 is 5.97 Å². The van der Waals surface area contributed by atoms with Crippen molar-refractivity contribution in [1.29, 1.82) is 0 Å². The highest BCUT2D eigenvalue weighted by Gasteiger charge is 2.23. The summed E-state index contributed by atoms with van der Waals surface area (Å²) in [6, 6.07) is 5.56. The van der Waals surface area contributed by atoms with Gasteiger partial charge in [-0.1, -0.05) is 0 Å². The summed E-state index contributed by atoms with van der Waals surface area (Å²) in [7, 11) is -2.06. The third kappa shape index (κ3) is 5.81. The van der Waals surface area contributed by atoms with Crippen molar-refractivity contribution < 1.29 is 23.1 Å². The van der Waals surface area contributed by atoms with Gasteiger partial charge in [-0.15, -0.1) is 11.8 Å². The number of nitrogens with zero attached hydrogens (tertiary/aromatic N) is 1. The quantitative estimate of drug-likeness (QED) is 0.631. The maximum Gasteiger partial charge on any atom is 0.313 e. The molecule has 0 aliphatic rings. The molecule has 0 heterocycles. The SMILES string of the molecule is CC(C)N(C)S(=O)(=O)c1ccc(C(=O)NCCSCC(=O)O)cc1. The molecule has 0 bridgehead atoms. The molecule has 0 aliphatic carbocycles. The van der Waals surface area contributed by atoms with Gasteiger partial charge < -0.3 is 10.4 Å². The van der Waals surface area contributed by atoms with Gasteiger partial charge in [0.2, 0.25) is 10.0 Å². The van der Waals surface area contributed by atoms with Crippen LogP contribution < -0.4 is 5.32 Å². The largest absolute Gasteiger partial charge is 0.481 e. The van der Waals surface area contributed by atoms with E-state index < -0.39 is 16.0 Å². The van der Waals surface area contributed by atoms with Crippen LogP contribution in [-0.2, 0) is 14.8 Å². The Kier molecular flexibility index (Phi) is 7.71. The number of nitrogens with one attached hydrogen (secondary N) is 1. The first-order chi connectivity index (χ1) is 11.2. The number of thioether (sulfide) groups is 1. The molecule has 0 unspecified atom stereocenters. The van der Waals surface area contributed by atoms with Gasteiger partial charge in [0.25, 0.3) is 5.91 Å². The molecule has 0 atom stereocenters. The lowest BCUT2D eigenvalue weighted by molar-refractivity contribution is -0.133. The van der Waals surface area contributed by atoms with Crippen molar-refractivity contribution in [2.45, 2.75) is 24.8 Å². The molecule has 0 aliphatic heterocycles. The highest BCUT2D eigenvalue weighted by atomic mass is 32.2. The normalized spacial score (nSPS) is 11.7. The van der Waals surface area contributed by atoms with Gasteiger partial charge in [0.1, 0.15) is 0 Å². The van der Waals surface area contributed by atoms with Crippen molar-refractivity contribution >= 4 is 33.7 Å². The van der Waals surface area contributed by atoms with Crippen LogP contribution in [0.4, 0.5) is 0 Å². The number of carbonyl (C=O) groups is 2. The molecule has 1 aromatic rings. The van der Waals surface area contributed by atoms with Crippen molar-refractivity contribution in [3.8, 4) is 0 Å². The number of carbonyl (C=O) groups excluding carboxylic acids is 1. The molecule has 0 fully saturated rings. The second-order valence-electron chi connectivity index (χ2n) is 5.34. The highest BCUT2D eigenvalue weighted by Crippen LogP contribution is 2.17. The molecule has 0 radical (unpaired) electrons. The Morgan fingerprint density at radius 2 is 1.83 bits per heavy atom. The van der Waals surface area contributed by atoms with Crippen LogP contribution in [-0.4, -0.2) is 60.8 Å². The topological polar surface area (TPSA) is 104 Å².